The average molecular weight is 517 g/mol. The molecule has 1 unspecified atom stereocenters. The molecular formula is C30H32N2O6. The monoisotopic (exact) mass is 516 g/mol. The van der Waals surface area contributed by atoms with Gasteiger partial charge in [0, 0.05) is 18.7 Å². The highest BCUT2D eigenvalue weighted by atomic mass is 16.5. The van der Waals surface area contributed by atoms with Crippen molar-refractivity contribution in [1.82, 2.24) is 9.80 Å². The summed E-state index contributed by atoms with van der Waals surface area (Å²) in [6.07, 6.45) is 0. The molecule has 1 aliphatic rings. The van der Waals surface area contributed by atoms with Crippen molar-refractivity contribution >= 4 is 17.4 Å². The van der Waals surface area contributed by atoms with Crippen molar-refractivity contribution in [2.75, 3.05) is 34.3 Å². The van der Waals surface area contributed by atoms with Crippen LogP contribution in [0.1, 0.15) is 28.3 Å². The zero-order valence-corrected chi connectivity index (χ0v) is 22.0. The average Bonchev–Trinajstić information content (AvgIpc) is 3.16. The van der Waals surface area contributed by atoms with Crippen LogP contribution in [-0.4, -0.2) is 66.0 Å². The summed E-state index contributed by atoms with van der Waals surface area (Å²) < 4.78 is 11.2. The zero-order valence-electron chi connectivity index (χ0n) is 22.0. The first-order chi connectivity index (χ1) is 18.2. The summed E-state index contributed by atoms with van der Waals surface area (Å²) in [5.41, 5.74) is 2.68. The molecule has 0 saturated carbocycles. The molecule has 3 aromatic carbocycles. The smallest absolute Gasteiger partial charge is 0.295 e. The highest BCUT2D eigenvalue weighted by Crippen LogP contribution is 2.42. The number of aliphatic hydroxyl groups is 1. The second-order valence-corrected chi connectivity index (χ2v) is 9.48. The van der Waals surface area contributed by atoms with Crippen LogP contribution in [0.3, 0.4) is 0 Å². The number of rotatable bonds is 9. The van der Waals surface area contributed by atoms with E-state index in [-0.39, 0.29) is 29.4 Å². The fourth-order valence-corrected chi connectivity index (χ4v) is 4.51. The third-order valence-corrected chi connectivity index (χ3v) is 6.55. The van der Waals surface area contributed by atoms with Gasteiger partial charge in [-0.3, -0.25) is 9.59 Å². The minimum absolute atomic E-state index is 0.0115. The number of ketones is 1. The quantitative estimate of drug-likeness (QED) is 0.249. The highest BCUT2D eigenvalue weighted by Gasteiger charge is 2.46. The molecule has 1 saturated heterocycles. The number of carbonyl (C=O) groups is 2. The molecular weight excluding hydrogens is 484 g/mol. The number of aryl methyl sites for hydroxylation is 1. The number of methoxy groups -OCH3 is 1. The first-order valence-corrected chi connectivity index (χ1v) is 12.3. The molecule has 1 fully saturated rings. The fraction of sp³-hybridized carbons (Fsp3) is 0.267. The van der Waals surface area contributed by atoms with Crippen molar-refractivity contribution in [2.45, 2.75) is 19.6 Å². The maximum absolute atomic E-state index is 13.3. The topological polar surface area (TPSA) is 99.5 Å². The number of likely N-dealkylation sites (tertiary alicyclic amines) is 1. The number of carbonyl (C=O) groups excluding carboxylic acids is 2. The van der Waals surface area contributed by atoms with Crippen LogP contribution < -0.4 is 9.47 Å². The highest BCUT2D eigenvalue weighted by molar-refractivity contribution is 6.46. The van der Waals surface area contributed by atoms with E-state index in [4.69, 9.17) is 9.47 Å². The molecule has 8 nitrogen and oxygen atoms in total. The number of phenolic OH excluding ortho intramolecular Hbond substituents is 1. The Hall–Kier alpha value is -4.30. The molecule has 3 aromatic rings. The molecule has 0 aliphatic carbocycles. The third-order valence-electron chi connectivity index (χ3n) is 6.55. The Bertz CT molecular complexity index is 1370. The van der Waals surface area contributed by atoms with E-state index in [9.17, 15) is 19.8 Å². The van der Waals surface area contributed by atoms with E-state index in [1.54, 1.807) is 30.3 Å². The summed E-state index contributed by atoms with van der Waals surface area (Å²) in [5.74, 6) is -0.956. The van der Waals surface area contributed by atoms with Crippen LogP contribution in [0.15, 0.2) is 72.3 Å². The van der Waals surface area contributed by atoms with E-state index in [0.717, 1.165) is 5.56 Å². The number of hydrogen-bond acceptors (Lipinski definition) is 7. The van der Waals surface area contributed by atoms with Crippen LogP contribution in [0.5, 0.6) is 17.2 Å². The predicted octanol–water partition coefficient (Wildman–Crippen LogP) is 4.27. The maximum atomic E-state index is 13.3. The Morgan fingerprint density at radius 1 is 1.03 bits per heavy atom. The molecule has 198 valence electrons. The Morgan fingerprint density at radius 3 is 2.42 bits per heavy atom. The van der Waals surface area contributed by atoms with E-state index in [1.165, 1.54) is 18.1 Å². The number of aromatic hydroxyl groups is 1. The molecule has 0 bridgehead atoms. The predicted molar refractivity (Wildman–Crippen MR) is 144 cm³/mol. The van der Waals surface area contributed by atoms with Crippen LogP contribution in [0.2, 0.25) is 0 Å². The number of phenols is 1. The Morgan fingerprint density at radius 2 is 1.76 bits per heavy atom. The van der Waals surface area contributed by atoms with E-state index in [2.05, 4.69) is 0 Å². The second-order valence-electron chi connectivity index (χ2n) is 9.48. The number of Topliss-reactive ketones (excluding diaryl/α,β-unsaturated/α-hetero) is 1. The lowest BCUT2D eigenvalue weighted by molar-refractivity contribution is -0.140. The molecule has 1 aliphatic heterocycles. The number of hydrogen-bond donors (Lipinski definition) is 2. The minimum atomic E-state index is -0.849. The number of likely N-dealkylation sites (N-methyl/N-ethyl adjacent to an activating group) is 1. The van der Waals surface area contributed by atoms with Crippen molar-refractivity contribution in [3.05, 3.63) is 94.6 Å². The first-order valence-electron chi connectivity index (χ1n) is 12.3. The van der Waals surface area contributed by atoms with Gasteiger partial charge >= 0.3 is 0 Å². The fourth-order valence-electron chi connectivity index (χ4n) is 4.51. The Labute approximate surface area is 222 Å². The third kappa shape index (κ3) is 5.50. The number of aliphatic hydroxyl groups excluding tert-OH is 1. The van der Waals surface area contributed by atoms with Crippen LogP contribution in [0.25, 0.3) is 5.76 Å². The van der Waals surface area contributed by atoms with Gasteiger partial charge in [-0.15, -0.1) is 0 Å². The van der Waals surface area contributed by atoms with Crippen molar-refractivity contribution in [2.24, 2.45) is 0 Å². The molecule has 0 spiro atoms. The summed E-state index contributed by atoms with van der Waals surface area (Å²) in [6.45, 7) is 3.00. The molecule has 1 heterocycles. The summed E-state index contributed by atoms with van der Waals surface area (Å²) in [6, 6.07) is 18.8. The lowest BCUT2D eigenvalue weighted by atomic mass is 9.93. The lowest BCUT2D eigenvalue weighted by Gasteiger charge is -2.27. The van der Waals surface area contributed by atoms with Gasteiger partial charge in [-0.1, -0.05) is 36.4 Å². The maximum Gasteiger partial charge on any atom is 0.295 e. The molecule has 1 atom stereocenters. The molecule has 1 amide bonds. The SMILES string of the molecule is COc1cc(C2C(=C(O)c3ccc(OCc4ccccc4)cc3C)C(=O)C(=O)N2CCN(C)C)ccc1O. The van der Waals surface area contributed by atoms with Crippen LogP contribution in [-0.2, 0) is 16.2 Å². The number of nitrogens with zero attached hydrogens (tertiary/aromatic N) is 2. The van der Waals surface area contributed by atoms with Gasteiger partial charge in [-0.2, -0.15) is 0 Å². The van der Waals surface area contributed by atoms with E-state index >= 15 is 0 Å². The summed E-state index contributed by atoms with van der Waals surface area (Å²) in [7, 11) is 5.17. The Kier molecular flexibility index (Phi) is 8.02. The van der Waals surface area contributed by atoms with Gasteiger partial charge in [0.15, 0.2) is 11.5 Å². The van der Waals surface area contributed by atoms with Crippen molar-refractivity contribution < 1.29 is 29.3 Å². The molecule has 38 heavy (non-hydrogen) atoms. The van der Waals surface area contributed by atoms with Crippen LogP contribution in [0.4, 0.5) is 0 Å². The van der Waals surface area contributed by atoms with Gasteiger partial charge in [-0.25, -0.2) is 0 Å². The van der Waals surface area contributed by atoms with Gasteiger partial charge in [0.2, 0.25) is 0 Å². The second kappa shape index (κ2) is 11.4. The van der Waals surface area contributed by atoms with E-state index in [0.29, 0.717) is 35.6 Å². The minimum Gasteiger partial charge on any atom is -0.507 e. The van der Waals surface area contributed by atoms with Gasteiger partial charge in [0.05, 0.1) is 18.7 Å². The normalized spacial score (nSPS) is 16.8. The van der Waals surface area contributed by atoms with Crippen molar-refractivity contribution in [3.63, 3.8) is 0 Å². The molecule has 0 aromatic heterocycles. The number of benzene rings is 3. The van der Waals surface area contributed by atoms with Crippen LogP contribution >= 0.6 is 0 Å². The molecule has 4 rings (SSSR count). The Balaban J connectivity index is 1.74. The van der Waals surface area contributed by atoms with Crippen LogP contribution in [0, 0.1) is 6.92 Å². The summed E-state index contributed by atoms with van der Waals surface area (Å²) in [5, 5.41) is 21.5. The molecule has 2 N–H and O–H groups in total. The van der Waals surface area contributed by atoms with Crippen molar-refractivity contribution in [3.8, 4) is 17.2 Å². The first kappa shape index (κ1) is 26.8. The molecule has 0 radical (unpaired) electrons. The lowest BCUT2D eigenvalue weighted by Crippen LogP contribution is -2.35. The summed E-state index contributed by atoms with van der Waals surface area (Å²) in [4.78, 5) is 29.8. The van der Waals surface area contributed by atoms with E-state index < -0.39 is 17.7 Å². The van der Waals surface area contributed by atoms with E-state index in [1.807, 2.05) is 56.3 Å². The summed E-state index contributed by atoms with van der Waals surface area (Å²) >= 11 is 0. The van der Waals surface area contributed by atoms with Gasteiger partial charge in [0.25, 0.3) is 11.7 Å². The van der Waals surface area contributed by atoms with Gasteiger partial charge in [0.1, 0.15) is 18.1 Å². The zero-order chi connectivity index (χ0) is 27.4. The van der Waals surface area contributed by atoms with Gasteiger partial charge in [-0.05, 0) is 68.0 Å². The standard InChI is InChI=1S/C30H32N2O6/c1-19-16-22(38-18-20-8-6-5-7-9-20)11-12-23(19)28(34)26-27(21-10-13-24(33)25(17-21)37-4)32(15-14-31(2)3)30(36)29(26)35/h5-13,16-17,27,33-34H,14-15,18H2,1-4H3. The largest absolute Gasteiger partial charge is 0.507 e. The molecule has 8 heteroatoms. The number of amides is 1. The van der Waals surface area contributed by atoms with Crippen molar-refractivity contribution in [1.29, 1.82) is 0 Å². The number of ether oxygens (including phenoxy) is 2. The van der Waals surface area contributed by atoms with Gasteiger partial charge < -0.3 is 29.5 Å².